The Morgan fingerprint density at radius 2 is 1.78 bits per heavy atom. The minimum atomic E-state index is -0.704. The van der Waals surface area contributed by atoms with Gasteiger partial charge in [-0.1, -0.05) is 31.0 Å². The summed E-state index contributed by atoms with van der Waals surface area (Å²) in [6, 6.07) is 12.3. The SMILES string of the molecule is COc1ccc(C[C@H]2CO[C@H](c3ccc(F)cc3)[C@@H]2CC2(C(=O)O)CCCC2)cc1OC. The highest BCUT2D eigenvalue weighted by Crippen LogP contribution is 2.51. The Hall–Kier alpha value is -2.60. The van der Waals surface area contributed by atoms with Crippen molar-refractivity contribution in [1.29, 1.82) is 0 Å². The second-order valence-electron chi connectivity index (χ2n) is 9.12. The Kier molecular flexibility index (Phi) is 6.70. The molecule has 0 spiro atoms. The smallest absolute Gasteiger partial charge is 0.309 e. The number of carbonyl (C=O) groups is 1. The van der Waals surface area contributed by atoms with Gasteiger partial charge in [0.15, 0.2) is 11.5 Å². The fraction of sp³-hybridized carbons (Fsp3) is 0.500. The van der Waals surface area contributed by atoms with Gasteiger partial charge in [0, 0.05) is 0 Å². The van der Waals surface area contributed by atoms with Crippen LogP contribution < -0.4 is 9.47 Å². The first kappa shape index (κ1) is 22.6. The number of rotatable bonds is 8. The van der Waals surface area contributed by atoms with E-state index in [1.165, 1.54) is 12.1 Å². The van der Waals surface area contributed by atoms with Crippen molar-refractivity contribution < 1.29 is 28.5 Å². The first-order valence-corrected chi connectivity index (χ1v) is 11.3. The van der Waals surface area contributed by atoms with E-state index >= 15 is 0 Å². The van der Waals surface area contributed by atoms with E-state index in [2.05, 4.69) is 0 Å². The molecule has 2 aromatic carbocycles. The van der Waals surface area contributed by atoms with Crippen LogP contribution in [0.1, 0.15) is 49.3 Å². The summed E-state index contributed by atoms with van der Waals surface area (Å²) in [6.45, 7) is 0.538. The van der Waals surface area contributed by atoms with Crippen LogP contribution in [0.3, 0.4) is 0 Å². The van der Waals surface area contributed by atoms with E-state index in [0.29, 0.717) is 37.4 Å². The van der Waals surface area contributed by atoms with Gasteiger partial charge in [-0.25, -0.2) is 4.39 Å². The number of hydrogen-bond donors (Lipinski definition) is 1. The maximum atomic E-state index is 13.5. The van der Waals surface area contributed by atoms with Gasteiger partial charge in [0.2, 0.25) is 0 Å². The molecule has 1 aliphatic carbocycles. The first-order valence-electron chi connectivity index (χ1n) is 11.3. The lowest BCUT2D eigenvalue weighted by Gasteiger charge is -2.32. The van der Waals surface area contributed by atoms with E-state index in [1.54, 1.807) is 26.4 Å². The Bertz CT molecular complexity index is 936. The van der Waals surface area contributed by atoms with E-state index in [-0.39, 0.29) is 23.8 Å². The van der Waals surface area contributed by atoms with Gasteiger partial charge in [-0.2, -0.15) is 0 Å². The van der Waals surface area contributed by atoms with Crippen LogP contribution in [0.2, 0.25) is 0 Å². The Labute approximate surface area is 188 Å². The molecule has 2 aliphatic rings. The maximum absolute atomic E-state index is 13.5. The molecule has 1 aliphatic heterocycles. The zero-order valence-electron chi connectivity index (χ0n) is 18.7. The van der Waals surface area contributed by atoms with Crippen LogP contribution in [0.4, 0.5) is 4.39 Å². The van der Waals surface area contributed by atoms with Gasteiger partial charge in [0.1, 0.15) is 5.82 Å². The monoisotopic (exact) mass is 442 g/mol. The number of hydrogen-bond acceptors (Lipinski definition) is 4. The number of halogens is 1. The summed E-state index contributed by atoms with van der Waals surface area (Å²) in [5.41, 5.74) is 1.30. The van der Waals surface area contributed by atoms with E-state index in [4.69, 9.17) is 14.2 Å². The minimum Gasteiger partial charge on any atom is -0.493 e. The summed E-state index contributed by atoms with van der Waals surface area (Å²) in [4.78, 5) is 12.3. The van der Waals surface area contributed by atoms with Gasteiger partial charge >= 0.3 is 5.97 Å². The number of ether oxygens (including phenoxy) is 3. The van der Waals surface area contributed by atoms with Gasteiger partial charge in [0.25, 0.3) is 0 Å². The molecule has 1 heterocycles. The average Bonchev–Trinajstić information content (AvgIpc) is 3.43. The number of carboxylic acid groups (broad SMARTS) is 1. The topological polar surface area (TPSA) is 65.0 Å². The molecular weight excluding hydrogens is 411 g/mol. The molecule has 0 unspecified atom stereocenters. The summed E-state index contributed by atoms with van der Waals surface area (Å²) >= 11 is 0. The highest BCUT2D eigenvalue weighted by molar-refractivity contribution is 5.75. The minimum absolute atomic E-state index is 0.0303. The molecule has 0 aromatic heterocycles. The molecule has 1 N–H and O–H groups in total. The van der Waals surface area contributed by atoms with Crippen molar-refractivity contribution in [1.82, 2.24) is 0 Å². The Balaban J connectivity index is 1.63. The van der Waals surface area contributed by atoms with Crippen LogP contribution in [0.15, 0.2) is 42.5 Å². The number of benzene rings is 2. The molecule has 2 fully saturated rings. The second kappa shape index (κ2) is 9.49. The molecule has 0 bridgehead atoms. The zero-order valence-corrected chi connectivity index (χ0v) is 18.7. The highest BCUT2D eigenvalue weighted by atomic mass is 19.1. The van der Waals surface area contributed by atoms with Gasteiger partial charge in [-0.05, 0) is 72.9 Å². The number of methoxy groups -OCH3 is 2. The summed E-state index contributed by atoms with van der Waals surface area (Å²) in [6.07, 6.45) is 4.39. The number of aliphatic carboxylic acids is 1. The van der Waals surface area contributed by atoms with Crippen LogP contribution in [-0.2, 0) is 16.0 Å². The molecule has 1 saturated heterocycles. The molecule has 2 aromatic rings. The molecule has 172 valence electrons. The lowest BCUT2D eigenvalue weighted by Crippen LogP contribution is -2.33. The van der Waals surface area contributed by atoms with Crippen LogP contribution in [0.25, 0.3) is 0 Å². The zero-order chi connectivity index (χ0) is 22.7. The molecule has 1 saturated carbocycles. The third-order valence-electron chi connectivity index (χ3n) is 7.27. The molecule has 4 rings (SSSR count). The molecule has 0 radical (unpaired) electrons. The van der Waals surface area contributed by atoms with Gasteiger partial charge < -0.3 is 19.3 Å². The average molecular weight is 443 g/mol. The normalized spacial score (nSPS) is 24.4. The first-order chi connectivity index (χ1) is 15.5. The van der Waals surface area contributed by atoms with Crippen molar-refractivity contribution in [3.8, 4) is 11.5 Å². The van der Waals surface area contributed by atoms with Crippen LogP contribution in [-0.4, -0.2) is 31.9 Å². The summed E-state index contributed by atoms with van der Waals surface area (Å²) in [5.74, 6) is 0.541. The molecule has 3 atom stereocenters. The van der Waals surface area contributed by atoms with E-state index in [0.717, 1.165) is 30.4 Å². The fourth-order valence-electron chi connectivity index (χ4n) is 5.52. The summed E-state index contributed by atoms with van der Waals surface area (Å²) in [5, 5.41) is 10.1. The molecule has 32 heavy (non-hydrogen) atoms. The van der Waals surface area contributed by atoms with Gasteiger partial charge in [-0.3, -0.25) is 4.79 Å². The predicted molar refractivity (Wildman–Crippen MR) is 118 cm³/mol. The van der Waals surface area contributed by atoms with Crippen molar-refractivity contribution in [2.75, 3.05) is 20.8 Å². The van der Waals surface area contributed by atoms with Crippen LogP contribution >= 0.6 is 0 Å². The molecule has 5 nitrogen and oxygen atoms in total. The summed E-state index contributed by atoms with van der Waals surface area (Å²) in [7, 11) is 3.23. The Morgan fingerprint density at radius 1 is 1.09 bits per heavy atom. The van der Waals surface area contributed by atoms with Crippen molar-refractivity contribution in [3.05, 3.63) is 59.4 Å². The van der Waals surface area contributed by atoms with Gasteiger partial charge in [-0.15, -0.1) is 0 Å². The van der Waals surface area contributed by atoms with Crippen LogP contribution in [0.5, 0.6) is 11.5 Å². The van der Waals surface area contributed by atoms with Gasteiger partial charge in [0.05, 0.1) is 32.3 Å². The van der Waals surface area contributed by atoms with Crippen molar-refractivity contribution in [2.24, 2.45) is 17.3 Å². The fourth-order valence-corrected chi connectivity index (χ4v) is 5.52. The van der Waals surface area contributed by atoms with Crippen LogP contribution in [0, 0.1) is 23.1 Å². The standard InChI is InChI=1S/C26H31FO5/c1-30-22-10-5-17(14-23(22)31-2)13-19-16-32-24(18-6-8-20(27)9-7-18)21(19)15-26(25(28)29)11-3-4-12-26/h5-10,14,19,21,24H,3-4,11-13,15-16H2,1-2H3,(H,28,29)/t19-,21+,24+/m0/s1. The predicted octanol–water partition coefficient (Wildman–Crippen LogP) is 5.42. The quantitative estimate of drug-likeness (QED) is 0.591. The number of carboxylic acids is 1. The third kappa shape index (κ3) is 4.46. The lowest BCUT2D eigenvalue weighted by atomic mass is 9.71. The largest absolute Gasteiger partial charge is 0.493 e. The lowest BCUT2D eigenvalue weighted by molar-refractivity contribution is -0.150. The molecule has 0 amide bonds. The van der Waals surface area contributed by atoms with Crippen molar-refractivity contribution in [3.63, 3.8) is 0 Å². The third-order valence-corrected chi connectivity index (χ3v) is 7.27. The van der Waals surface area contributed by atoms with E-state index in [1.807, 2.05) is 18.2 Å². The van der Waals surface area contributed by atoms with Crippen molar-refractivity contribution >= 4 is 5.97 Å². The summed E-state index contributed by atoms with van der Waals surface area (Å²) < 4.78 is 30.6. The molecular formula is C26H31FO5. The maximum Gasteiger partial charge on any atom is 0.309 e. The molecule has 6 heteroatoms. The van der Waals surface area contributed by atoms with E-state index < -0.39 is 11.4 Å². The van der Waals surface area contributed by atoms with Crippen molar-refractivity contribution in [2.45, 2.75) is 44.6 Å². The Morgan fingerprint density at radius 3 is 2.41 bits per heavy atom. The second-order valence-corrected chi connectivity index (χ2v) is 9.12. The highest BCUT2D eigenvalue weighted by Gasteiger charge is 2.48. The van der Waals surface area contributed by atoms with E-state index in [9.17, 15) is 14.3 Å².